The maximum absolute atomic E-state index is 4.95. The standard InChI is InChI=1S/2C32H16N8.2Ga.H2O/c2*1-2-10-18-17(9-1)25-33-26(18)38-28-21-13-5-6-14-22(21)30(35-28)40-32-24-16-8-7-15-23(24)31(36-32)39-29-20-12-4-3-11-19(20)27(34-29)37-25;;;/h2*1-16H;;;1H2/q2*-2;;;. The molecule has 16 bridgehead atoms. The first-order chi connectivity index (χ1) is 39.6. The van der Waals surface area contributed by atoms with Gasteiger partial charge in [0.25, 0.3) is 0 Å². The summed E-state index contributed by atoms with van der Waals surface area (Å²) in [6.45, 7) is 0. The van der Waals surface area contributed by atoms with Crippen LogP contribution in [0, 0.1) is 0 Å². The molecular weight excluding hydrogens is 1150 g/mol. The quantitative estimate of drug-likeness (QED) is 0.128. The molecule has 6 radical (unpaired) electrons. The Morgan fingerprint density at radius 1 is 0.169 bits per heavy atom. The van der Waals surface area contributed by atoms with Gasteiger partial charge in [-0.2, -0.15) is 0 Å². The fraction of sp³-hybridized carbons (Fsp3) is 0. The summed E-state index contributed by atoms with van der Waals surface area (Å²) in [5.41, 5.74) is 11.6. The molecule has 0 aliphatic carbocycles. The van der Waals surface area contributed by atoms with Gasteiger partial charge in [0.05, 0.1) is 46.6 Å². The first-order valence-corrected chi connectivity index (χ1v) is 25.8. The van der Waals surface area contributed by atoms with Crippen LogP contribution < -0.4 is 19.9 Å². The molecular formula is C64H34Ga2N16O-4. The Bertz CT molecular complexity index is 4410. The molecule has 19 heteroatoms. The third kappa shape index (κ3) is 8.24. The van der Waals surface area contributed by atoms with E-state index >= 15 is 0 Å². The van der Waals surface area contributed by atoms with Gasteiger partial charge in [-0.1, -0.05) is 194 Å². The summed E-state index contributed by atoms with van der Waals surface area (Å²) in [4.78, 5) is 78.5. The molecule has 0 unspecified atom stereocenters. The second kappa shape index (κ2) is 20.1. The van der Waals surface area contributed by atoms with E-state index in [0.29, 0.717) is 91.8 Å². The summed E-state index contributed by atoms with van der Waals surface area (Å²) < 4.78 is 0. The monoisotopic (exact) mass is 1180 g/mol. The molecule has 6 aromatic heterocycles. The van der Waals surface area contributed by atoms with Crippen LogP contribution in [0.15, 0.2) is 194 Å². The van der Waals surface area contributed by atoms with Gasteiger partial charge in [0.1, 0.15) is 0 Å². The Balaban J connectivity index is 0.000000143. The van der Waals surface area contributed by atoms with Crippen LogP contribution in [0.4, 0.5) is 0 Å². The van der Waals surface area contributed by atoms with Gasteiger partial charge in [-0.25, -0.2) is 19.9 Å². The Labute approximate surface area is 495 Å². The number of aromatic nitrogens is 16. The molecule has 0 fully saturated rings. The van der Waals surface area contributed by atoms with Crippen molar-refractivity contribution in [3.05, 3.63) is 194 Å². The van der Waals surface area contributed by atoms with E-state index in [-0.39, 0.29) is 45.1 Å². The molecule has 4 aliphatic rings. The number of hydrogen-bond acceptors (Lipinski definition) is 12. The Morgan fingerprint density at radius 2 is 0.289 bits per heavy atom. The molecule has 2 N–H and O–H groups in total. The van der Waals surface area contributed by atoms with Gasteiger partial charge in [0, 0.05) is 129 Å². The van der Waals surface area contributed by atoms with E-state index in [1.165, 1.54) is 0 Å². The second-order valence-electron chi connectivity index (χ2n) is 19.3. The van der Waals surface area contributed by atoms with Crippen LogP contribution in [-0.2, 0) is 0 Å². The Morgan fingerprint density at radius 3 is 0.422 bits per heavy atom. The van der Waals surface area contributed by atoms with Crippen molar-refractivity contribution in [1.29, 1.82) is 0 Å². The topological polar surface area (TPSA) is 243 Å². The fourth-order valence-corrected chi connectivity index (χ4v) is 10.9. The predicted octanol–water partition coefficient (Wildman–Crippen LogP) is 10.7. The van der Waals surface area contributed by atoms with Crippen molar-refractivity contribution in [2.45, 2.75) is 0 Å². The average Bonchev–Trinajstić information content (AvgIpc) is 3.78. The summed E-state index contributed by atoms with van der Waals surface area (Å²) in [5.74, 6) is 4.42. The first kappa shape index (κ1) is 50.9. The minimum atomic E-state index is 0. The third-order valence-corrected chi connectivity index (χ3v) is 14.7. The van der Waals surface area contributed by atoms with Crippen molar-refractivity contribution in [3.8, 4) is 91.1 Å². The van der Waals surface area contributed by atoms with Crippen molar-refractivity contribution in [1.82, 2.24) is 79.7 Å². The summed E-state index contributed by atoms with van der Waals surface area (Å²) in [6, 6.07) is 63.7. The third-order valence-electron chi connectivity index (χ3n) is 14.7. The molecule has 0 saturated heterocycles. The summed E-state index contributed by atoms with van der Waals surface area (Å²) in [6.07, 6.45) is 0. The van der Waals surface area contributed by atoms with Gasteiger partial charge < -0.3 is 65.3 Å². The zero-order chi connectivity index (χ0) is 52.4. The van der Waals surface area contributed by atoms with Crippen LogP contribution >= 0.6 is 0 Å². The smallest absolute Gasteiger partial charge is 0.0927 e. The molecule has 0 saturated carbocycles. The second-order valence-corrected chi connectivity index (χ2v) is 19.3. The van der Waals surface area contributed by atoms with Crippen LogP contribution in [0.2, 0.25) is 0 Å². The maximum Gasteiger partial charge on any atom is 0.0927 e. The summed E-state index contributed by atoms with van der Waals surface area (Å²) in [5, 5.41) is 7.15. The van der Waals surface area contributed by atoms with Crippen molar-refractivity contribution < 1.29 is 5.48 Å². The Hall–Kier alpha value is -10.3. The molecule has 4 aliphatic heterocycles. The SMILES string of the molecule is O.[Ga].[Ga].c1ccc2c(c1)-c1nc-2nc2[n-]c(nc3nc(nc4[n-]c(n1)c1ccccc41)-c1ccccc1-3)c1ccccc21.c1ccc2c(c1)-c1nc-2nc2[n-]c(nc3nc(nc4[n-]c(n1)c1ccccc41)-c1ccccc1-3)c1ccccc21. The van der Waals surface area contributed by atoms with Crippen LogP contribution in [-0.4, -0.2) is 105 Å². The van der Waals surface area contributed by atoms with Crippen molar-refractivity contribution in [2.75, 3.05) is 0 Å². The number of hydrogen-bond donors (Lipinski definition) is 0. The van der Waals surface area contributed by atoms with Gasteiger partial charge in [-0.15, -0.1) is 0 Å². The molecule has 18 rings (SSSR count). The summed E-state index contributed by atoms with van der Waals surface area (Å²) >= 11 is 0. The van der Waals surface area contributed by atoms with Crippen LogP contribution in [0.3, 0.4) is 0 Å². The predicted molar refractivity (Wildman–Crippen MR) is 323 cm³/mol. The minimum Gasteiger partial charge on any atom is -0.412 e. The maximum atomic E-state index is 4.95. The molecule has 83 heavy (non-hydrogen) atoms. The number of benzene rings is 8. The van der Waals surface area contributed by atoms with Crippen molar-refractivity contribution in [2.24, 2.45) is 0 Å². The zero-order valence-electron chi connectivity index (χ0n) is 43.3. The van der Waals surface area contributed by atoms with Gasteiger partial charge in [0.15, 0.2) is 0 Å². The normalized spacial score (nSPS) is 11.6. The van der Waals surface area contributed by atoms with E-state index < -0.39 is 0 Å². The fourth-order valence-electron chi connectivity index (χ4n) is 10.9. The van der Waals surface area contributed by atoms with E-state index in [1.807, 2.05) is 194 Å². The first-order valence-electron chi connectivity index (χ1n) is 25.8. The van der Waals surface area contributed by atoms with E-state index in [2.05, 4.69) is 0 Å². The molecule has 14 aromatic rings. The zero-order valence-corrected chi connectivity index (χ0v) is 48.1. The van der Waals surface area contributed by atoms with Gasteiger partial charge in [0.2, 0.25) is 0 Å². The van der Waals surface area contributed by atoms with Crippen LogP contribution in [0.25, 0.3) is 179 Å². The molecule has 17 nitrogen and oxygen atoms in total. The van der Waals surface area contributed by atoms with E-state index in [9.17, 15) is 0 Å². The number of fused-ring (bicyclic) bond motifs is 40. The largest absolute Gasteiger partial charge is 0.412 e. The van der Waals surface area contributed by atoms with E-state index in [4.69, 9.17) is 79.7 Å². The minimum absolute atomic E-state index is 0. The number of nitrogens with zero attached hydrogens (tertiary/aromatic N) is 16. The van der Waals surface area contributed by atoms with Gasteiger partial charge in [-0.3, -0.25) is 0 Å². The molecule has 0 amide bonds. The molecule has 0 atom stereocenters. The van der Waals surface area contributed by atoms with Gasteiger partial charge >= 0.3 is 0 Å². The Kier molecular flexibility index (Phi) is 12.3. The summed E-state index contributed by atoms with van der Waals surface area (Å²) in [7, 11) is 0. The van der Waals surface area contributed by atoms with Crippen molar-refractivity contribution in [3.63, 3.8) is 0 Å². The van der Waals surface area contributed by atoms with E-state index in [0.717, 1.165) is 87.6 Å². The van der Waals surface area contributed by atoms with Crippen molar-refractivity contribution >= 4 is 128 Å². The number of rotatable bonds is 0. The average molecular weight is 1180 g/mol. The molecule has 386 valence electrons. The van der Waals surface area contributed by atoms with Crippen LogP contribution in [0.1, 0.15) is 0 Å². The molecule has 0 spiro atoms. The van der Waals surface area contributed by atoms with Crippen LogP contribution in [0.5, 0.6) is 0 Å². The molecule has 10 heterocycles. The molecule has 8 aromatic carbocycles. The van der Waals surface area contributed by atoms with Gasteiger partial charge in [-0.05, 0) is 43.1 Å². The van der Waals surface area contributed by atoms with E-state index in [1.54, 1.807) is 0 Å².